The molecule has 0 saturated heterocycles. The first-order chi connectivity index (χ1) is 5.86. The van der Waals surface area contributed by atoms with Gasteiger partial charge in [0.25, 0.3) is 0 Å². The van der Waals surface area contributed by atoms with Crippen molar-refractivity contribution in [2.75, 3.05) is 0 Å². The number of Topliss-reactive ketones (excluding diaryl/α,β-unsaturated/α-hetero) is 1. The summed E-state index contributed by atoms with van der Waals surface area (Å²) >= 11 is 0. The third-order valence-corrected chi connectivity index (χ3v) is 2.00. The predicted molar refractivity (Wildman–Crippen MR) is 48.6 cm³/mol. The average Bonchev–Trinajstić information content (AvgIpc) is 2.81. The van der Waals surface area contributed by atoms with Gasteiger partial charge in [-0.3, -0.25) is 4.79 Å². The van der Waals surface area contributed by atoms with Gasteiger partial charge < -0.3 is 0 Å². The first-order valence-corrected chi connectivity index (χ1v) is 4.12. The lowest BCUT2D eigenvalue weighted by Crippen LogP contribution is -1.72. The maximum atomic E-state index is 10.7. The zero-order valence-corrected chi connectivity index (χ0v) is 6.73. The van der Waals surface area contributed by atoms with Crippen LogP contribution in [0, 0.1) is 5.92 Å². The van der Waals surface area contributed by atoms with Gasteiger partial charge in [-0.25, -0.2) is 0 Å². The van der Waals surface area contributed by atoms with Crippen molar-refractivity contribution in [3.05, 3.63) is 42.0 Å². The maximum Gasteiger partial charge on any atom is 0.141 e. The lowest BCUT2D eigenvalue weighted by atomic mass is 10.2. The Bertz CT molecular complexity index is 311. The summed E-state index contributed by atoms with van der Waals surface area (Å²) in [5, 5.41) is 0. The summed E-state index contributed by atoms with van der Waals surface area (Å²) in [6.07, 6.45) is 4.73. The van der Waals surface area contributed by atoms with Crippen LogP contribution in [0.3, 0.4) is 0 Å². The number of rotatable bonds is 2. The second-order valence-corrected chi connectivity index (χ2v) is 3.05. The second kappa shape index (κ2) is 2.94. The van der Waals surface area contributed by atoms with E-state index in [4.69, 9.17) is 0 Å². The molecule has 0 spiro atoms. The van der Waals surface area contributed by atoms with Crippen molar-refractivity contribution in [1.29, 1.82) is 0 Å². The number of hydrogen-bond acceptors (Lipinski definition) is 1. The van der Waals surface area contributed by atoms with Gasteiger partial charge in [-0.2, -0.15) is 0 Å². The number of carbonyl (C=O) groups excluding carboxylic acids is 1. The fourth-order valence-corrected chi connectivity index (χ4v) is 1.12. The van der Waals surface area contributed by atoms with Crippen molar-refractivity contribution in [3.63, 3.8) is 0 Å². The van der Waals surface area contributed by atoms with Gasteiger partial charge in [0.1, 0.15) is 5.78 Å². The standard InChI is InChI=1S/C11H10O/c12-11-8-10(11)7-6-9-4-2-1-3-5-9/h1-7,10H,8H2/b7-6+. The number of benzene rings is 1. The van der Waals surface area contributed by atoms with E-state index in [1.54, 1.807) is 0 Å². The summed E-state index contributed by atoms with van der Waals surface area (Å²) in [7, 11) is 0. The third-order valence-electron chi connectivity index (χ3n) is 2.00. The molecule has 1 aliphatic carbocycles. The summed E-state index contributed by atoms with van der Waals surface area (Å²) in [5.74, 6) is 0.576. The number of carbonyl (C=O) groups is 1. The van der Waals surface area contributed by atoms with Gasteiger partial charge in [0.2, 0.25) is 0 Å². The highest BCUT2D eigenvalue weighted by atomic mass is 16.1. The SMILES string of the molecule is O=C1CC1/C=C/c1ccccc1. The van der Waals surface area contributed by atoms with Gasteiger partial charge >= 0.3 is 0 Å². The molecule has 0 heterocycles. The lowest BCUT2D eigenvalue weighted by molar-refractivity contribution is -0.110. The third kappa shape index (κ3) is 1.62. The smallest absolute Gasteiger partial charge is 0.141 e. The van der Waals surface area contributed by atoms with Crippen LogP contribution in [0.25, 0.3) is 6.08 Å². The largest absolute Gasteiger partial charge is 0.299 e. The molecule has 1 atom stereocenters. The molecule has 0 radical (unpaired) electrons. The van der Waals surface area contributed by atoms with Crippen LogP contribution < -0.4 is 0 Å². The Kier molecular flexibility index (Phi) is 1.78. The topological polar surface area (TPSA) is 17.1 Å². The first kappa shape index (κ1) is 7.29. The minimum absolute atomic E-state index is 0.213. The van der Waals surface area contributed by atoms with E-state index in [0.29, 0.717) is 5.78 Å². The zero-order valence-electron chi connectivity index (χ0n) is 6.73. The molecule has 1 aromatic rings. The first-order valence-electron chi connectivity index (χ1n) is 4.12. The van der Waals surface area contributed by atoms with Crippen LogP contribution in [0.15, 0.2) is 36.4 Å². The molecular formula is C11H10O. The summed E-state index contributed by atoms with van der Waals surface area (Å²) in [6.45, 7) is 0. The molecule has 1 aromatic carbocycles. The maximum absolute atomic E-state index is 10.7. The van der Waals surface area contributed by atoms with Gasteiger partial charge in [-0.15, -0.1) is 0 Å². The van der Waals surface area contributed by atoms with Crippen molar-refractivity contribution in [2.24, 2.45) is 5.92 Å². The molecule has 1 heteroatoms. The van der Waals surface area contributed by atoms with E-state index in [-0.39, 0.29) is 5.92 Å². The number of ketones is 1. The Morgan fingerprint density at radius 1 is 1.25 bits per heavy atom. The van der Waals surface area contributed by atoms with Crippen LogP contribution in [0.2, 0.25) is 0 Å². The summed E-state index contributed by atoms with van der Waals surface area (Å²) < 4.78 is 0. The van der Waals surface area contributed by atoms with Crippen LogP contribution in [-0.4, -0.2) is 5.78 Å². The normalized spacial score (nSPS) is 21.7. The van der Waals surface area contributed by atoms with Gasteiger partial charge in [-0.05, 0) is 5.56 Å². The van der Waals surface area contributed by atoms with Gasteiger partial charge in [-0.1, -0.05) is 42.5 Å². The zero-order chi connectivity index (χ0) is 8.39. The van der Waals surface area contributed by atoms with E-state index in [0.717, 1.165) is 12.0 Å². The fourth-order valence-electron chi connectivity index (χ4n) is 1.12. The Morgan fingerprint density at radius 2 is 1.92 bits per heavy atom. The quantitative estimate of drug-likeness (QED) is 0.645. The molecule has 1 unspecified atom stereocenters. The van der Waals surface area contributed by atoms with Crippen molar-refractivity contribution in [3.8, 4) is 0 Å². The molecule has 1 aliphatic rings. The molecule has 60 valence electrons. The highest BCUT2D eigenvalue weighted by Crippen LogP contribution is 2.25. The minimum atomic E-state index is 0.213. The molecule has 0 bridgehead atoms. The molecule has 1 fully saturated rings. The Balaban J connectivity index is 2.04. The fraction of sp³-hybridized carbons (Fsp3) is 0.182. The molecule has 0 amide bonds. The van der Waals surface area contributed by atoms with Crippen LogP contribution in [0.4, 0.5) is 0 Å². The molecule has 0 aliphatic heterocycles. The van der Waals surface area contributed by atoms with Gasteiger partial charge in [0, 0.05) is 12.3 Å². The van der Waals surface area contributed by atoms with Crippen LogP contribution in [0.5, 0.6) is 0 Å². The van der Waals surface area contributed by atoms with E-state index in [1.165, 1.54) is 0 Å². The lowest BCUT2D eigenvalue weighted by Gasteiger charge is -1.88. The van der Waals surface area contributed by atoms with Gasteiger partial charge in [0.15, 0.2) is 0 Å². The molecule has 0 N–H and O–H groups in total. The van der Waals surface area contributed by atoms with E-state index in [1.807, 2.05) is 42.5 Å². The van der Waals surface area contributed by atoms with Crippen molar-refractivity contribution < 1.29 is 4.79 Å². The Labute approximate surface area is 71.7 Å². The van der Waals surface area contributed by atoms with Crippen molar-refractivity contribution >= 4 is 11.9 Å². The highest BCUT2D eigenvalue weighted by molar-refractivity contribution is 5.98. The predicted octanol–water partition coefficient (Wildman–Crippen LogP) is 2.29. The van der Waals surface area contributed by atoms with Crippen molar-refractivity contribution in [2.45, 2.75) is 6.42 Å². The summed E-state index contributed by atoms with van der Waals surface area (Å²) in [6, 6.07) is 10.0. The van der Waals surface area contributed by atoms with E-state index < -0.39 is 0 Å². The monoisotopic (exact) mass is 158 g/mol. The van der Waals surface area contributed by atoms with E-state index >= 15 is 0 Å². The Morgan fingerprint density at radius 3 is 2.50 bits per heavy atom. The number of allylic oxidation sites excluding steroid dienone is 1. The summed E-state index contributed by atoms with van der Waals surface area (Å²) in [4.78, 5) is 10.7. The van der Waals surface area contributed by atoms with Crippen molar-refractivity contribution in [1.82, 2.24) is 0 Å². The highest BCUT2D eigenvalue weighted by Gasteiger charge is 2.31. The van der Waals surface area contributed by atoms with Crippen LogP contribution >= 0.6 is 0 Å². The average molecular weight is 158 g/mol. The second-order valence-electron chi connectivity index (χ2n) is 3.05. The Hall–Kier alpha value is -1.37. The molecular weight excluding hydrogens is 148 g/mol. The van der Waals surface area contributed by atoms with Gasteiger partial charge in [0.05, 0.1) is 0 Å². The summed E-state index contributed by atoms with van der Waals surface area (Å²) in [5.41, 5.74) is 1.16. The van der Waals surface area contributed by atoms with Crippen LogP contribution in [0.1, 0.15) is 12.0 Å². The molecule has 1 saturated carbocycles. The van der Waals surface area contributed by atoms with Crippen LogP contribution in [-0.2, 0) is 4.79 Å². The molecule has 1 nitrogen and oxygen atoms in total. The van der Waals surface area contributed by atoms with E-state index in [9.17, 15) is 4.79 Å². The molecule has 2 rings (SSSR count). The molecule has 12 heavy (non-hydrogen) atoms. The van der Waals surface area contributed by atoms with E-state index in [2.05, 4.69) is 0 Å². The number of hydrogen-bond donors (Lipinski definition) is 0. The minimum Gasteiger partial charge on any atom is -0.299 e. The molecule has 0 aromatic heterocycles.